The molecule has 2 aliphatic rings. The molecular formula is C12H16O3Si. The smallest absolute Gasteiger partial charge is 0.184 e. The monoisotopic (exact) mass is 236 g/mol. The summed E-state index contributed by atoms with van der Waals surface area (Å²) in [6.07, 6.45) is 2.60. The van der Waals surface area contributed by atoms with E-state index in [1.54, 1.807) is 0 Å². The summed E-state index contributed by atoms with van der Waals surface area (Å²) in [6, 6.07) is 10.1. The maximum Gasteiger partial charge on any atom is 0.184 e. The van der Waals surface area contributed by atoms with E-state index >= 15 is 0 Å². The van der Waals surface area contributed by atoms with E-state index < -0.39 is 0 Å². The molecular weight excluding hydrogens is 220 g/mol. The first-order valence-corrected chi connectivity index (χ1v) is 6.57. The molecule has 16 heavy (non-hydrogen) atoms. The van der Waals surface area contributed by atoms with Crippen molar-refractivity contribution >= 4 is 10.5 Å². The zero-order valence-electron chi connectivity index (χ0n) is 9.34. The first-order valence-electron chi connectivity index (χ1n) is 5.75. The molecule has 1 aliphatic carbocycles. The van der Waals surface area contributed by atoms with Gasteiger partial charge in [0, 0.05) is 24.5 Å². The normalized spacial score (nSPS) is 37.8. The Balaban J connectivity index is 1.68. The van der Waals surface area contributed by atoms with Crippen LogP contribution in [-0.4, -0.2) is 28.8 Å². The van der Waals surface area contributed by atoms with Crippen molar-refractivity contribution < 1.29 is 13.9 Å². The summed E-state index contributed by atoms with van der Waals surface area (Å²) >= 11 is 0. The Morgan fingerprint density at radius 3 is 2.25 bits per heavy atom. The van der Waals surface area contributed by atoms with Gasteiger partial charge in [-0.2, -0.15) is 0 Å². The van der Waals surface area contributed by atoms with Crippen LogP contribution in [0, 0.1) is 0 Å². The number of hydrogen-bond donors (Lipinski definition) is 0. The lowest BCUT2D eigenvalue weighted by atomic mass is 10.2. The van der Waals surface area contributed by atoms with Gasteiger partial charge in [-0.05, 0) is 0 Å². The minimum Gasteiger partial charge on any atom is -0.425 e. The highest BCUT2D eigenvalue weighted by Gasteiger charge is 2.44. The first kappa shape index (κ1) is 10.5. The lowest BCUT2D eigenvalue weighted by molar-refractivity contribution is -0.0829. The van der Waals surface area contributed by atoms with Gasteiger partial charge < -0.3 is 13.9 Å². The quantitative estimate of drug-likeness (QED) is 0.715. The topological polar surface area (TPSA) is 27.7 Å². The molecule has 1 heterocycles. The molecule has 86 valence electrons. The Labute approximate surface area is 98.2 Å². The van der Waals surface area contributed by atoms with Crippen molar-refractivity contribution in [3.8, 4) is 0 Å². The SMILES string of the molecule is [SiH3]OC1CC2OC(c3ccccc3)OC2C1. The van der Waals surface area contributed by atoms with Gasteiger partial charge in [-0.15, -0.1) is 0 Å². The van der Waals surface area contributed by atoms with Crippen molar-refractivity contribution in [3.63, 3.8) is 0 Å². The zero-order chi connectivity index (χ0) is 11.0. The number of benzene rings is 1. The van der Waals surface area contributed by atoms with Crippen LogP contribution in [-0.2, 0) is 13.9 Å². The van der Waals surface area contributed by atoms with Crippen molar-refractivity contribution in [1.82, 2.24) is 0 Å². The fourth-order valence-corrected chi connectivity index (χ4v) is 2.90. The third kappa shape index (κ3) is 1.82. The second-order valence-electron chi connectivity index (χ2n) is 4.42. The van der Waals surface area contributed by atoms with Crippen LogP contribution in [0.1, 0.15) is 24.7 Å². The van der Waals surface area contributed by atoms with E-state index in [1.807, 2.05) is 30.3 Å². The van der Waals surface area contributed by atoms with Gasteiger partial charge in [-0.1, -0.05) is 30.3 Å². The minimum absolute atomic E-state index is 0.175. The predicted molar refractivity (Wildman–Crippen MR) is 63.0 cm³/mol. The van der Waals surface area contributed by atoms with E-state index in [9.17, 15) is 0 Å². The second kappa shape index (κ2) is 4.29. The van der Waals surface area contributed by atoms with E-state index in [1.165, 1.54) is 0 Å². The molecule has 3 rings (SSSR count). The third-order valence-electron chi connectivity index (χ3n) is 3.41. The Kier molecular flexibility index (Phi) is 2.81. The van der Waals surface area contributed by atoms with E-state index in [4.69, 9.17) is 13.9 Å². The number of fused-ring (bicyclic) bond motifs is 1. The van der Waals surface area contributed by atoms with Gasteiger partial charge in [0.2, 0.25) is 0 Å². The molecule has 0 radical (unpaired) electrons. The molecule has 1 aromatic rings. The van der Waals surface area contributed by atoms with Crippen molar-refractivity contribution in [1.29, 1.82) is 0 Å². The summed E-state index contributed by atoms with van der Waals surface area (Å²) in [6.45, 7) is 0. The van der Waals surface area contributed by atoms with Crippen molar-refractivity contribution in [2.45, 2.75) is 37.4 Å². The molecule has 1 aliphatic heterocycles. The molecule has 0 spiro atoms. The molecule has 2 fully saturated rings. The zero-order valence-corrected chi connectivity index (χ0v) is 11.3. The van der Waals surface area contributed by atoms with Gasteiger partial charge in [0.15, 0.2) is 6.29 Å². The average molecular weight is 236 g/mol. The third-order valence-corrected chi connectivity index (χ3v) is 4.07. The van der Waals surface area contributed by atoms with Gasteiger partial charge >= 0.3 is 0 Å². The largest absolute Gasteiger partial charge is 0.425 e. The summed E-state index contributed by atoms with van der Waals surface area (Å²) in [4.78, 5) is 0. The highest BCUT2D eigenvalue weighted by molar-refractivity contribution is 5.98. The highest BCUT2D eigenvalue weighted by atomic mass is 28.2. The minimum atomic E-state index is -0.175. The fourth-order valence-electron chi connectivity index (χ4n) is 2.51. The predicted octanol–water partition coefficient (Wildman–Crippen LogP) is 0.929. The maximum absolute atomic E-state index is 5.92. The van der Waals surface area contributed by atoms with Crippen LogP contribution in [0.2, 0.25) is 0 Å². The second-order valence-corrected chi connectivity index (χ2v) is 4.89. The Hall–Kier alpha value is -0.683. The highest BCUT2D eigenvalue weighted by Crippen LogP contribution is 2.40. The van der Waals surface area contributed by atoms with Crippen LogP contribution >= 0.6 is 0 Å². The molecule has 1 saturated carbocycles. The molecule has 0 amide bonds. The van der Waals surface area contributed by atoms with Crippen molar-refractivity contribution in [2.24, 2.45) is 0 Å². The van der Waals surface area contributed by atoms with Crippen LogP contribution in [0.4, 0.5) is 0 Å². The Bertz CT molecular complexity index is 343. The summed E-state index contributed by atoms with van der Waals surface area (Å²) in [5.41, 5.74) is 1.11. The van der Waals surface area contributed by atoms with Gasteiger partial charge in [-0.3, -0.25) is 0 Å². The number of rotatable bonds is 2. The lowest BCUT2D eigenvalue weighted by Gasteiger charge is -2.14. The van der Waals surface area contributed by atoms with Crippen molar-refractivity contribution in [2.75, 3.05) is 0 Å². The number of ether oxygens (including phenoxy) is 2. The first-order chi connectivity index (χ1) is 7.86. The Morgan fingerprint density at radius 1 is 1.06 bits per heavy atom. The molecule has 3 nitrogen and oxygen atoms in total. The van der Waals surface area contributed by atoms with Crippen LogP contribution in [0.25, 0.3) is 0 Å². The lowest BCUT2D eigenvalue weighted by Crippen LogP contribution is -2.13. The summed E-state index contributed by atoms with van der Waals surface area (Å²) in [7, 11) is 0.800. The molecule has 0 aromatic heterocycles. The molecule has 2 atom stereocenters. The molecule has 1 aromatic carbocycles. The molecule has 0 bridgehead atoms. The number of hydrogen-bond acceptors (Lipinski definition) is 3. The Morgan fingerprint density at radius 2 is 1.69 bits per heavy atom. The van der Waals surface area contributed by atoms with Gasteiger partial charge in [0.1, 0.15) is 10.5 Å². The van der Waals surface area contributed by atoms with Crippen LogP contribution < -0.4 is 0 Å². The van der Waals surface area contributed by atoms with Crippen LogP contribution in [0.5, 0.6) is 0 Å². The molecule has 1 saturated heterocycles. The van der Waals surface area contributed by atoms with E-state index in [-0.39, 0.29) is 18.5 Å². The molecule has 2 unspecified atom stereocenters. The van der Waals surface area contributed by atoms with E-state index in [0.29, 0.717) is 6.10 Å². The van der Waals surface area contributed by atoms with Gasteiger partial charge in [0.05, 0.1) is 12.2 Å². The average Bonchev–Trinajstić information content (AvgIpc) is 2.87. The summed E-state index contributed by atoms with van der Waals surface area (Å²) < 4.78 is 17.3. The maximum atomic E-state index is 5.92. The van der Waals surface area contributed by atoms with Crippen molar-refractivity contribution in [3.05, 3.63) is 35.9 Å². The van der Waals surface area contributed by atoms with Gasteiger partial charge in [0.25, 0.3) is 0 Å². The fraction of sp³-hybridized carbons (Fsp3) is 0.500. The summed E-state index contributed by atoms with van der Waals surface area (Å²) in [5.74, 6) is 0. The standard InChI is InChI=1S/C12H16O3Si/c16-15-9-6-10-11(7-9)14-12(13-10)8-4-2-1-3-5-8/h1-5,9-12H,6-7H2,16H3. The van der Waals surface area contributed by atoms with Crippen LogP contribution in [0.15, 0.2) is 30.3 Å². The molecule has 4 heteroatoms. The summed E-state index contributed by atoms with van der Waals surface area (Å²) in [5, 5.41) is 0. The molecule has 0 N–H and O–H groups in total. The van der Waals surface area contributed by atoms with Gasteiger partial charge in [-0.25, -0.2) is 0 Å². The van der Waals surface area contributed by atoms with E-state index in [0.717, 1.165) is 28.9 Å². The van der Waals surface area contributed by atoms with Crippen LogP contribution in [0.3, 0.4) is 0 Å². The van der Waals surface area contributed by atoms with E-state index in [2.05, 4.69) is 0 Å².